The van der Waals surface area contributed by atoms with Gasteiger partial charge in [-0.1, -0.05) is 6.07 Å². The predicted octanol–water partition coefficient (Wildman–Crippen LogP) is 2.55. The zero-order valence-corrected chi connectivity index (χ0v) is 10.8. The molecular weight excluding hydrogens is 260 g/mol. The molecule has 1 fully saturated rings. The Morgan fingerprint density at radius 1 is 1.40 bits per heavy atom. The molecule has 2 N–H and O–H groups in total. The molecule has 0 aromatic heterocycles. The highest BCUT2D eigenvalue weighted by atomic mass is 16.6. The average Bonchev–Trinajstić information content (AvgIpc) is 2.88. The molecule has 0 radical (unpaired) electrons. The summed E-state index contributed by atoms with van der Waals surface area (Å²) < 4.78 is 0. The summed E-state index contributed by atoms with van der Waals surface area (Å²) in [6, 6.07) is 7.28. The minimum absolute atomic E-state index is 0.0985. The van der Waals surface area contributed by atoms with E-state index in [1.54, 1.807) is 6.07 Å². The molecule has 0 saturated heterocycles. The van der Waals surface area contributed by atoms with Crippen LogP contribution in [0.5, 0.6) is 0 Å². The number of nitro benzene ring substituents is 1. The molecule has 2 amide bonds. The topological polar surface area (TPSA) is 108 Å². The third-order valence-electron chi connectivity index (χ3n) is 3.34. The van der Waals surface area contributed by atoms with Gasteiger partial charge < -0.3 is 10.6 Å². The molecular formula is C13H14N4O3. The van der Waals surface area contributed by atoms with Crippen molar-refractivity contribution in [2.24, 2.45) is 0 Å². The number of urea groups is 1. The van der Waals surface area contributed by atoms with Gasteiger partial charge in [0.15, 0.2) is 0 Å². The number of nitrogens with zero attached hydrogens (tertiary/aromatic N) is 2. The number of carbonyl (C=O) groups is 1. The van der Waals surface area contributed by atoms with Crippen LogP contribution in [0.2, 0.25) is 0 Å². The number of carbonyl (C=O) groups excluding carboxylic acids is 1. The van der Waals surface area contributed by atoms with Gasteiger partial charge in [-0.05, 0) is 31.7 Å². The molecule has 1 aliphatic carbocycles. The largest absolute Gasteiger partial charge is 0.320 e. The lowest BCUT2D eigenvalue weighted by molar-refractivity contribution is -0.384. The minimum atomic E-state index is -0.815. The monoisotopic (exact) mass is 274 g/mol. The molecule has 1 aliphatic rings. The standard InChI is InChI=1S/C13H14N4O3/c14-9-13(6-1-2-7-13)16-12(18)15-10-4-3-5-11(8-10)17(19)20/h3-5,8H,1-2,6-7H2,(H2,15,16,18). The second-order valence-electron chi connectivity index (χ2n) is 4.79. The highest BCUT2D eigenvalue weighted by molar-refractivity contribution is 5.90. The second kappa shape index (κ2) is 5.57. The Morgan fingerprint density at radius 3 is 2.70 bits per heavy atom. The normalized spacial score (nSPS) is 16.1. The molecule has 0 heterocycles. The van der Waals surface area contributed by atoms with Gasteiger partial charge in [0.2, 0.25) is 0 Å². The molecule has 0 spiro atoms. The molecule has 0 aliphatic heterocycles. The number of benzene rings is 1. The molecule has 0 bridgehead atoms. The SMILES string of the molecule is N#CC1(NC(=O)Nc2cccc([N+](=O)[O-])c2)CCCC1. The smallest absolute Gasteiger partial charge is 0.319 e. The molecule has 7 heteroatoms. The molecule has 2 rings (SSSR count). The first kappa shape index (κ1) is 13.8. The van der Waals surface area contributed by atoms with Crippen LogP contribution in [0.3, 0.4) is 0 Å². The predicted molar refractivity (Wildman–Crippen MR) is 72.1 cm³/mol. The van der Waals surface area contributed by atoms with Crippen molar-refractivity contribution in [3.63, 3.8) is 0 Å². The van der Waals surface area contributed by atoms with Crippen LogP contribution in [-0.2, 0) is 0 Å². The highest BCUT2D eigenvalue weighted by Crippen LogP contribution is 2.29. The first-order valence-electron chi connectivity index (χ1n) is 6.29. The van der Waals surface area contributed by atoms with E-state index in [1.807, 2.05) is 0 Å². The summed E-state index contributed by atoms with van der Waals surface area (Å²) in [5.74, 6) is 0. The van der Waals surface area contributed by atoms with E-state index >= 15 is 0 Å². The molecule has 104 valence electrons. The number of rotatable bonds is 3. The van der Waals surface area contributed by atoms with Gasteiger partial charge >= 0.3 is 6.03 Å². The second-order valence-corrected chi connectivity index (χ2v) is 4.79. The molecule has 20 heavy (non-hydrogen) atoms. The lowest BCUT2D eigenvalue weighted by Crippen LogP contribution is -2.47. The number of hydrogen-bond donors (Lipinski definition) is 2. The van der Waals surface area contributed by atoms with Crippen molar-refractivity contribution in [2.75, 3.05) is 5.32 Å². The first-order valence-corrected chi connectivity index (χ1v) is 6.29. The fraction of sp³-hybridized carbons (Fsp3) is 0.385. The number of non-ortho nitro benzene ring substituents is 1. The molecule has 1 aromatic carbocycles. The van der Waals surface area contributed by atoms with E-state index in [4.69, 9.17) is 5.26 Å². The molecule has 1 aromatic rings. The van der Waals surface area contributed by atoms with Crippen LogP contribution in [0.25, 0.3) is 0 Å². The average molecular weight is 274 g/mol. The molecule has 7 nitrogen and oxygen atoms in total. The number of nitrogens with one attached hydrogen (secondary N) is 2. The Hall–Kier alpha value is -2.62. The number of nitro groups is 1. The Kier molecular flexibility index (Phi) is 3.84. The van der Waals surface area contributed by atoms with Crippen molar-refractivity contribution < 1.29 is 9.72 Å². The van der Waals surface area contributed by atoms with Crippen LogP contribution < -0.4 is 10.6 Å². The summed E-state index contributed by atoms with van der Waals surface area (Å²) >= 11 is 0. The van der Waals surface area contributed by atoms with Gasteiger partial charge in [-0.25, -0.2) is 4.79 Å². The lowest BCUT2D eigenvalue weighted by atomic mass is 10.0. The third-order valence-corrected chi connectivity index (χ3v) is 3.34. The fourth-order valence-corrected chi connectivity index (χ4v) is 2.32. The quantitative estimate of drug-likeness (QED) is 0.652. The van der Waals surface area contributed by atoms with Gasteiger partial charge in [-0.2, -0.15) is 5.26 Å². The van der Waals surface area contributed by atoms with Crippen molar-refractivity contribution in [2.45, 2.75) is 31.2 Å². The Bertz CT molecular complexity index is 573. The minimum Gasteiger partial charge on any atom is -0.319 e. The summed E-state index contributed by atoms with van der Waals surface area (Å²) in [4.78, 5) is 22.0. The van der Waals surface area contributed by atoms with Crippen LogP contribution in [0.15, 0.2) is 24.3 Å². The van der Waals surface area contributed by atoms with Crippen LogP contribution >= 0.6 is 0 Å². The maximum absolute atomic E-state index is 11.9. The Balaban J connectivity index is 2.03. The van der Waals surface area contributed by atoms with Gasteiger partial charge in [-0.3, -0.25) is 10.1 Å². The van der Waals surface area contributed by atoms with E-state index in [0.717, 1.165) is 12.8 Å². The summed E-state index contributed by atoms with van der Waals surface area (Å²) in [5, 5.41) is 25.0. The van der Waals surface area contributed by atoms with Crippen molar-refractivity contribution in [3.8, 4) is 6.07 Å². The zero-order chi connectivity index (χ0) is 14.6. The Labute approximate surface area is 115 Å². The number of hydrogen-bond acceptors (Lipinski definition) is 4. The van der Waals surface area contributed by atoms with Crippen molar-refractivity contribution in [1.29, 1.82) is 5.26 Å². The third kappa shape index (κ3) is 3.03. The lowest BCUT2D eigenvalue weighted by Gasteiger charge is -2.22. The van der Waals surface area contributed by atoms with Gasteiger partial charge in [-0.15, -0.1) is 0 Å². The summed E-state index contributed by atoms with van der Waals surface area (Å²) in [5.41, 5.74) is -0.591. The van der Waals surface area contributed by atoms with Crippen molar-refractivity contribution in [1.82, 2.24) is 5.32 Å². The first-order chi connectivity index (χ1) is 9.54. The summed E-state index contributed by atoms with van der Waals surface area (Å²) in [6.45, 7) is 0. The van der Waals surface area contributed by atoms with Crippen LogP contribution in [-0.4, -0.2) is 16.5 Å². The van der Waals surface area contributed by atoms with Gasteiger partial charge in [0, 0.05) is 17.8 Å². The maximum atomic E-state index is 11.9. The summed E-state index contributed by atoms with van der Waals surface area (Å²) in [6.07, 6.45) is 3.08. The molecule has 0 unspecified atom stereocenters. The maximum Gasteiger partial charge on any atom is 0.320 e. The summed E-state index contributed by atoms with van der Waals surface area (Å²) in [7, 11) is 0. The molecule has 1 saturated carbocycles. The zero-order valence-electron chi connectivity index (χ0n) is 10.8. The fourth-order valence-electron chi connectivity index (χ4n) is 2.32. The van der Waals surface area contributed by atoms with Gasteiger partial charge in [0.25, 0.3) is 5.69 Å². The number of anilines is 1. The van der Waals surface area contributed by atoms with Crippen molar-refractivity contribution >= 4 is 17.4 Å². The van der Waals surface area contributed by atoms with Crippen LogP contribution in [0.4, 0.5) is 16.2 Å². The molecule has 0 atom stereocenters. The van der Waals surface area contributed by atoms with E-state index in [0.29, 0.717) is 18.5 Å². The number of nitriles is 1. The number of amides is 2. The van der Waals surface area contributed by atoms with E-state index in [2.05, 4.69) is 16.7 Å². The van der Waals surface area contributed by atoms with Crippen LogP contribution in [0, 0.1) is 21.4 Å². The van der Waals surface area contributed by atoms with Gasteiger partial charge in [0.05, 0.1) is 11.0 Å². The van der Waals surface area contributed by atoms with E-state index in [-0.39, 0.29) is 5.69 Å². The van der Waals surface area contributed by atoms with E-state index in [9.17, 15) is 14.9 Å². The van der Waals surface area contributed by atoms with Crippen LogP contribution in [0.1, 0.15) is 25.7 Å². The van der Waals surface area contributed by atoms with Crippen molar-refractivity contribution in [3.05, 3.63) is 34.4 Å². The van der Waals surface area contributed by atoms with E-state index in [1.165, 1.54) is 18.2 Å². The van der Waals surface area contributed by atoms with E-state index < -0.39 is 16.5 Å². The van der Waals surface area contributed by atoms with Gasteiger partial charge in [0.1, 0.15) is 5.54 Å². The highest BCUT2D eigenvalue weighted by Gasteiger charge is 2.35. The Morgan fingerprint density at radius 2 is 2.10 bits per heavy atom.